The fourth-order valence-corrected chi connectivity index (χ4v) is 5.03. The molecule has 0 saturated heterocycles. The number of phenolic OH excluding ortho intramolecular Hbond substituents is 1. The predicted octanol–water partition coefficient (Wildman–Crippen LogP) is 6.15. The molecular weight excluding hydrogens is 502 g/mol. The summed E-state index contributed by atoms with van der Waals surface area (Å²) in [5.74, 6) is 0.0797. The van der Waals surface area contributed by atoms with Crippen LogP contribution in [-0.2, 0) is 29.3 Å². The molecule has 0 aliphatic heterocycles. The molecule has 0 saturated carbocycles. The highest BCUT2D eigenvalue weighted by Crippen LogP contribution is 2.29. The number of hydrogen-bond donors (Lipinski definition) is 3. The van der Waals surface area contributed by atoms with Crippen molar-refractivity contribution in [1.82, 2.24) is 10.6 Å². The van der Waals surface area contributed by atoms with Crippen LogP contribution in [-0.4, -0.2) is 38.4 Å². The zero-order valence-corrected chi connectivity index (χ0v) is 23.2. The average molecular weight is 544 g/mol. The van der Waals surface area contributed by atoms with Gasteiger partial charge in [0.2, 0.25) is 10.0 Å². The summed E-state index contributed by atoms with van der Waals surface area (Å²) in [7, 11) is -3.80. The lowest BCUT2D eigenvalue weighted by Gasteiger charge is -2.14. The number of nitrogens with one attached hydrogen (secondary N) is 2. The standard InChI is InChI=1S/C28H41N5O4S/c1-2-3-4-5-6-10-16-25-21-24(22-26(27(25)34)20-23-13-8-7-9-14-23)15-11-17-30-28(35)31-18-12-19-38(36,37)33-32-29/h7-9,13-14,21-22,34H,2-6,10-12,15-20H2,1H3,(H2,30,31,35). The van der Waals surface area contributed by atoms with Gasteiger partial charge in [0.1, 0.15) is 5.75 Å². The molecule has 9 nitrogen and oxygen atoms in total. The monoisotopic (exact) mass is 543 g/mol. The van der Waals surface area contributed by atoms with Crippen molar-refractivity contribution in [3.8, 4) is 5.75 Å². The van der Waals surface area contributed by atoms with E-state index >= 15 is 0 Å². The first-order chi connectivity index (χ1) is 18.3. The number of phenols is 1. The van der Waals surface area contributed by atoms with Gasteiger partial charge >= 0.3 is 6.03 Å². The van der Waals surface area contributed by atoms with Gasteiger partial charge in [0.15, 0.2) is 0 Å². The summed E-state index contributed by atoms with van der Waals surface area (Å²) >= 11 is 0. The Morgan fingerprint density at radius 1 is 0.895 bits per heavy atom. The third-order valence-electron chi connectivity index (χ3n) is 6.32. The van der Waals surface area contributed by atoms with Gasteiger partial charge in [-0.1, -0.05) is 81.5 Å². The van der Waals surface area contributed by atoms with Gasteiger partial charge in [-0.05, 0) is 59.9 Å². The van der Waals surface area contributed by atoms with Gasteiger partial charge in [0, 0.05) is 28.9 Å². The van der Waals surface area contributed by atoms with E-state index in [1.54, 1.807) is 0 Å². The molecule has 0 aromatic heterocycles. The molecule has 2 amide bonds. The van der Waals surface area contributed by atoms with Crippen LogP contribution in [0.25, 0.3) is 10.4 Å². The zero-order chi connectivity index (χ0) is 27.6. The number of aromatic hydroxyl groups is 1. The number of azide groups is 1. The van der Waals surface area contributed by atoms with E-state index in [0.29, 0.717) is 18.7 Å². The molecule has 0 aliphatic carbocycles. The van der Waals surface area contributed by atoms with Crippen LogP contribution in [0.4, 0.5) is 4.79 Å². The molecule has 2 aromatic rings. The van der Waals surface area contributed by atoms with Crippen molar-refractivity contribution in [1.29, 1.82) is 0 Å². The lowest BCUT2D eigenvalue weighted by molar-refractivity contribution is 0.241. The van der Waals surface area contributed by atoms with E-state index in [4.69, 9.17) is 5.53 Å². The molecule has 0 radical (unpaired) electrons. The number of sulfonamides is 1. The summed E-state index contributed by atoms with van der Waals surface area (Å²) < 4.78 is 25.4. The third kappa shape index (κ3) is 12.3. The minimum Gasteiger partial charge on any atom is -0.507 e. The van der Waals surface area contributed by atoms with Gasteiger partial charge in [0.25, 0.3) is 0 Å². The minimum absolute atomic E-state index is 0.161. The van der Waals surface area contributed by atoms with Crippen molar-refractivity contribution >= 4 is 16.1 Å². The Morgan fingerprint density at radius 3 is 2.26 bits per heavy atom. The first-order valence-electron chi connectivity index (χ1n) is 13.5. The molecular formula is C28H41N5O4S. The number of urea groups is 1. The summed E-state index contributed by atoms with van der Waals surface area (Å²) in [4.78, 5) is 14.3. The smallest absolute Gasteiger partial charge is 0.314 e. The normalized spacial score (nSPS) is 11.1. The Morgan fingerprint density at radius 2 is 1.55 bits per heavy atom. The Hall–Kier alpha value is -3.23. The van der Waals surface area contributed by atoms with Gasteiger partial charge in [-0.15, -0.1) is 0 Å². The molecule has 3 N–H and O–H groups in total. The second-order valence-corrected chi connectivity index (χ2v) is 11.3. The van der Waals surface area contributed by atoms with Gasteiger partial charge in [-0.2, -0.15) is 0 Å². The minimum atomic E-state index is -3.80. The average Bonchev–Trinajstić information content (AvgIpc) is 2.89. The van der Waals surface area contributed by atoms with E-state index in [1.165, 1.54) is 25.7 Å². The summed E-state index contributed by atoms with van der Waals surface area (Å²) in [5, 5.41) is 16.4. The van der Waals surface area contributed by atoms with Crippen LogP contribution in [0, 0.1) is 0 Å². The molecule has 0 heterocycles. The van der Waals surface area contributed by atoms with Crippen molar-refractivity contribution in [2.45, 2.75) is 77.6 Å². The lowest BCUT2D eigenvalue weighted by atomic mass is 9.94. The Labute approximate surface area is 226 Å². The maximum Gasteiger partial charge on any atom is 0.314 e. The summed E-state index contributed by atoms with van der Waals surface area (Å²) in [6.45, 7) is 2.84. The van der Waals surface area contributed by atoms with E-state index in [1.807, 2.05) is 18.2 Å². The van der Waals surface area contributed by atoms with Crippen LogP contribution in [0.5, 0.6) is 5.75 Å². The predicted molar refractivity (Wildman–Crippen MR) is 152 cm³/mol. The van der Waals surface area contributed by atoms with Crippen LogP contribution in [0.2, 0.25) is 0 Å². The summed E-state index contributed by atoms with van der Waals surface area (Å²) in [6, 6.07) is 13.9. The van der Waals surface area contributed by atoms with Crippen LogP contribution < -0.4 is 10.6 Å². The molecule has 0 aliphatic rings. The molecule has 2 rings (SSSR count). The second kappa shape index (κ2) is 17.3. The lowest BCUT2D eigenvalue weighted by Crippen LogP contribution is -2.37. The first kappa shape index (κ1) is 31.0. The number of aryl methyl sites for hydroxylation is 2. The molecule has 0 bridgehead atoms. The number of unbranched alkanes of at least 4 members (excludes halogenated alkanes) is 5. The largest absolute Gasteiger partial charge is 0.507 e. The van der Waals surface area contributed by atoms with E-state index in [2.05, 4.69) is 51.3 Å². The highest BCUT2D eigenvalue weighted by Gasteiger charge is 2.12. The van der Waals surface area contributed by atoms with Crippen molar-refractivity contribution in [3.05, 3.63) is 75.2 Å². The fourth-order valence-electron chi connectivity index (χ4n) is 4.32. The first-order valence-corrected chi connectivity index (χ1v) is 15.1. The van der Waals surface area contributed by atoms with E-state index in [9.17, 15) is 18.3 Å². The van der Waals surface area contributed by atoms with Crippen LogP contribution in [0.1, 0.15) is 80.5 Å². The second-order valence-electron chi connectivity index (χ2n) is 9.54. The van der Waals surface area contributed by atoms with E-state index in [-0.39, 0.29) is 24.7 Å². The van der Waals surface area contributed by atoms with Gasteiger partial charge < -0.3 is 15.7 Å². The topological polar surface area (TPSA) is 144 Å². The fraction of sp³-hybridized carbons (Fsp3) is 0.536. The van der Waals surface area contributed by atoms with Gasteiger partial charge in [0.05, 0.1) is 5.75 Å². The molecule has 0 fully saturated rings. The maximum atomic E-state index is 12.0. The maximum absolute atomic E-state index is 12.0. The molecule has 208 valence electrons. The molecule has 38 heavy (non-hydrogen) atoms. The summed E-state index contributed by atoms with van der Waals surface area (Å²) in [5.41, 5.74) is 12.4. The Balaban J connectivity index is 1.88. The number of carbonyl (C=O) groups is 1. The number of nitrogens with zero attached hydrogens (tertiary/aromatic N) is 3. The number of benzene rings is 2. The van der Waals surface area contributed by atoms with Gasteiger partial charge in [-0.3, -0.25) is 0 Å². The van der Waals surface area contributed by atoms with Crippen LogP contribution in [0.15, 0.2) is 47.0 Å². The number of rotatable bonds is 18. The number of carbonyl (C=O) groups excluding carboxylic acids is 1. The van der Waals surface area contributed by atoms with Crippen LogP contribution >= 0.6 is 0 Å². The highest BCUT2D eigenvalue weighted by atomic mass is 32.2. The van der Waals surface area contributed by atoms with Crippen molar-refractivity contribution < 1.29 is 18.3 Å². The highest BCUT2D eigenvalue weighted by molar-refractivity contribution is 7.89. The molecule has 0 unspecified atom stereocenters. The zero-order valence-electron chi connectivity index (χ0n) is 22.4. The van der Waals surface area contributed by atoms with Gasteiger partial charge in [-0.25, -0.2) is 13.2 Å². The number of hydrogen-bond acceptors (Lipinski definition) is 4. The van der Waals surface area contributed by atoms with E-state index < -0.39 is 10.0 Å². The molecule has 10 heteroatoms. The molecule has 0 atom stereocenters. The quantitative estimate of drug-likeness (QED) is 0.0896. The molecule has 0 spiro atoms. The van der Waals surface area contributed by atoms with Crippen molar-refractivity contribution in [3.63, 3.8) is 0 Å². The number of amides is 2. The van der Waals surface area contributed by atoms with Crippen molar-refractivity contribution in [2.24, 2.45) is 4.52 Å². The van der Waals surface area contributed by atoms with Crippen molar-refractivity contribution in [2.75, 3.05) is 18.8 Å². The Bertz CT molecular complexity index is 1150. The van der Waals surface area contributed by atoms with Crippen LogP contribution in [0.3, 0.4) is 0 Å². The Kier molecular flexibility index (Phi) is 14.1. The summed E-state index contributed by atoms with van der Waals surface area (Å²) in [6.07, 6.45) is 10.4. The third-order valence-corrected chi connectivity index (χ3v) is 7.44. The SMILES string of the molecule is CCCCCCCCc1cc(CCCNC(=O)NCCCS(=O)(=O)N=[N+]=[N-])cc(Cc2ccccc2)c1O. The van der Waals surface area contributed by atoms with E-state index in [0.717, 1.165) is 54.4 Å². The molecule has 2 aromatic carbocycles.